The van der Waals surface area contributed by atoms with Crippen LogP contribution in [0, 0.1) is 5.92 Å². The summed E-state index contributed by atoms with van der Waals surface area (Å²) in [6, 6.07) is 7.66. The Bertz CT molecular complexity index is 517. The monoisotopic (exact) mass is 277 g/mol. The van der Waals surface area contributed by atoms with Gasteiger partial charge in [-0.1, -0.05) is 24.3 Å². The number of aliphatic hydroxyl groups is 1. The Morgan fingerprint density at radius 1 is 1.40 bits per heavy atom. The van der Waals surface area contributed by atoms with Crippen LogP contribution in [-0.2, 0) is 21.5 Å². The quantitative estimate of drug-likeness (QED) is 0.767. The van der Waals surface area contributed by atoms with Crippen molar-refractivity contribution < 1.29 is 14.6 Å². The summed E-state index contributed by atoms with van der Waals surface area (Å²) in [5.41, 5.74) is 6.64. The molecule has 0 radical (unpaired) electrons. The van der Waals surface area contributed by atoms with Crippen LogP contribution in [0.2, 0.25) is 0 Å². The van der Waals surface area contributed by atoms with E-state index in [9.17, 15) is 9.90 Å². The fourth-order valence-electron chi connectivity index (χ4n) is 2.74. The van der Waals surface area contributed by atoms with Crippen LogP contribution in [0.5, 0.6) is 0 Å². The highest BCUT2D eigenvalue weighted by molar-refractivity contribution is 5.75. The number of carbonyl (C=O) groups excluding carboxylic acids is 1. The van der Waals surface area contributed by atoms with E-state index in [4.69, 9.17) is 10.5 Å². The van der Waals surface area contributed by atoms with Crippen LogP contribution in [-0.4, -0.2) is 22.8 Å². The van der Waals surface area contributed by atoms with Gasteiger partial charge in [0.2, 0.25) is 0 Å². The molecule has 1 aliphatic rings. The molecule has 0 amide bonds. The minimum absolute atomic E-state index is 0.392. The number of nitrogens with two attached hydrogens (primary N) is 1. The second-order valence-electron chi connectivity index (χ2n) is 6.73. The van der Waals surface area contributed by atoms with E-state index in [1.165, 1.54) is 0 Å². The molecule has 0 unspecified atom stereocenters. The molecule has 1 aromatic carbocycles. The van der Waals surface area contributed by atoms with Crippen molar-refractivity contribution in [2.45, 2.75) is 51.4 Å². The first-order chi connectivity index (χ1) is 9.13. The summed E-state index contributed by atoms with van der Waals surface area (Å²) < 4.78 is 5.40. The first-order valence-corrected chi connectivity index (χ1v) is 6.91. The highest BCUT2D eigenvalue weighted by atomic mass is 16.6. The molecule has 0 spiro atoms. The molecule has 4 nitrogen and oxygen atoms in total. The zero-order valence-electron chi connectivity index (χ0n) is 12.5. The first-order valence-electron chi connectivity index (χ1n) is 6.91. The molecule has 3 N–H and O–H groups in total. The Morgan fingerprint density at radius 2 is 2.00 bits per heavy atom. The zero-order chi connectivity index (χ0) is 15.1. The lowest BCUT2D eigenvalue weighted by Crippen LogP contribution is -2.55. The molecule has 3 atom stereocenters. The van der Waals surface area contributed by atoms with Crippen molar-refractivity contribution in [3.63, 3.8) is 0 Å². The summed E-state index contributed by atoms with van der Waals surface area (Å²) in [7, 11) is 0. The predicted molar refractivity (Wildman–Crippen MR) is 77.0 cm³/mol. The molecule has 4 heteroatoms. The summed E-state index contributed by atoms with van der Waals surface area (Å²) in [6.07, 6.45) is -0.494. The molecule has 0 aliphatic heterocycles. The van der Waals surface area contributed by atoms with E-state index in [1.54, 1.807) is 6.92 Å². The molecule has 0 fully saturated rings. The van der Waals surface area contributed by atoms with Gasteiger partial charge in [-0.3, -0.25) is 4.79 Å². The van der Waals surface area contributed by atoms with Crippen LogP contribution in [0.15, 0.2) is 24.3 Å². The highest BCUT2D eigenvalue weighted by Gasteiger charge is 2.46. The molecule has 1 aromatic rings. The van der Waals surface area contributed by atoms with Gasteiger partial charge < -0.3 is 15.6 Å². The van der Waals surface area contributed by atoms with Gasteiger partial charge in [0.1, 0.15) is 5.60 Å². The Hall–Kier alpha value is -1.39. The topological polar surface area (TPSA) is 72.5 Å². The van der Waals surface area contributed by atoms with E-state index in [0.29, 0.717) is 6.42 Å². The third-order valence-corrected chi connectivity index (χ3v) is 3.74. The number of esters is 1. The molecule has 20 heavy (non-hydrogen) atoms. The van der Waals surface area contributed by atoms with E-state index in [-0.39, 0.29) is 0 Å². The van der Waals surface area contributed by atoms with Crippen LogP contribution < -0.4 is 5.73 Å². The molecule has 0 saturated heterocycles. The van der Waals surface area contributed by atoms with Crippen molar-refractivity contribution in [3.8, 4) is 0 Å². The van der Waals surface area contributed by atoms with Gasteiger partial charge in [-0.05, 0) is 45.2 Å². The Labute approximate surface area is 119 Å². The molecule has 0 saturated carbocycles. The zero-order valence-corrected chi connectivity index (χ0v) is 12.5. The summed E-state index contributed by atoms with van der Waals surface area (Å²) in [5.74, 6) is -1.02. The van der Waals surface area contributed by atoms with Gasteiger partial charge >= 0.3 is 5.97 Å². The number of fused-ring (bicyclic) bond motifs is 1. The van der Waals surface area contributed by atoms with Gasteiger partial charge in [0.25, 0.3) is 0 Å². The second-order valence-corrected chi connectivity index (χ2v) is 6.73. The standard InChI is InChI=1S/C16H23NO3/c1-15(2,3)20-14(19)11-9-10-7-5-6-8-12(10)16(4,17)13(11)18/h5-8,11,13,18H,9,17H2,1-4H3/t11-,13+,16-/m1/s1. The highest BCUT2D eigenvalue weighted by Crippen LogP contribution is 2.37. The minimum atomic E-state index is -0.952. The van der Waals surface area contributed by atoms with Gasteiger partial charge in [0.15, 0.2) is 0 Å². The number of rotatable bonds is 1. The number of hydrogen-bond donors (Lipinski definition) is 2. The smallest absolute Gasteiger partial charge is 0.312 e. The minimum Gasteiger partial charge on any atom is -0.460 e. The maximum atomic E-state index is 12.3. The lowest BCUT2D eigenvalue weighted by Gasteiger charge is -2.41. The maximum Gasteiger partial charge on any atom is 0.312 e. The van der Waals surface area contributed by atoms with Crippen LogP contribution in [0.4, 0.5) is 0 Å². The number of aliphatic hydroxyl groups excluding tert-OH is 1. The van der Waals surface area contributed by atoms with Crippen molar-refractivity contribution in [2.75, 3.05) is 0 Å². The lowest BCUT2D eigenvalue weighted by atomic mass is 9.71. The maximum absolute atomic E-state index is 12.3. The summed E-state index contributed by atoms with van der Waals surface area (Å²) >= 11 is 0. The third kappa shape index (κ3) is 2.72. The van der Waals surface area contributed by atoms with Gasteiger partial charge in [0, 0.05) is 0 Å². The van der Waals surface area contributed by atoms with Crippen LogP contribution in [0.3, 0.4) is 0 Å². The molecular weight excluding hydrogens is 254 g/mol. The molecular formula is C16H23NO3. The first kappa shape index (κ1) is 15.0. The predicted octanol–water partition coefficient (Wildman–Crippen LogP) is 1.74. The largest absolute Gasteiger partial charge is 0.460 e. The SMILES string of the molecule is CC(C)(C)OC(=O)[C@@H]1Cc2ccccc2[C@@](C)(N)[C@H]1O. The Balaban J connectivity index is 2.33. The van der Waals surface area contributed by atoms with Gasteiger partial charge in [0.05, 0.1) is 17.6 Å². The Morgan fingerprint density at radius 3 is 2.60 bits per heavy atom. The van der Waals surface area contributed by atoms with Crippen LogP contribution in [0.1, 0.15) is 38.8 Å². The van der Waals surface area contributed by atoms with E-state index in [1.807, 2.05) is 45.0 Å². The fraction of sp³-hybridized carbons (Fsp3) is 0.562. The van der Waals surface area contributed by atoms with Crippen molar-refractivity contribution in [2.24, 2.45) is 11.7 Å². The van der Waals surface area contributed by atoms with Gasteiger partial charge in [-0.25, -0.2) is 0 Å². The Kier molecular flexibility index (Phi) is 3.65. The summed E-state index contributed by atoms with van der Waals surface area (Å²) in [4.78, 5) is 12.3. The molecule has 1 aliphatic carbocycles. The summed E-state index contributed by atoms with van der Waals surface area (Å²) in [6.45, 7) is 7.20. The van der Waals surface area contributed by atoms with Gasteiger partial charge in [-0.15, -0.1) is 0 Å². The van der Waals surface area contributed by atoms with Crippen molar-refractivity contribution >= 4 is 5.97 Å². The molecule has 0 bridgehead atoms. The van der Waals surface area contributed by atoms with Crippen molar-refractivity contribution in [1.29, 1.82) is 0 Å². The number of benzene rings is 1. The lowest BCUT2D eigenvalue weighted by molar-refractivity contribution is -0.166. The van der Waals surface area contributed by atoms with Crippen LogP contribution >= 0.6 is 0 Å². The third-order valence-electron chi connectivity index (χ3n) is 3.74. The molecule has 2 rings (SSSR count). The second kappa shape index (κ2) is 4.86. The number of ether oxygens (including phenoxy) is 1. The molecule has 110 valence electrons. The van der Waals surface area contributed by atoms with Crippen molar-refractivity contribution in [3.05, 3.63) is 35.4 Å². The van der Waals surface area contributed by atoms with Crippen LogP contribution in [0.25, 0.3) is 0 Å². The van der Waals surface area contributed by atoms with E-state index >= 15 is 0 Å². The van der Waals surface area contributed by atoms with E-state index < -0.39 is 29.1 Å². The molecule has 0 heterocycles. The summed E-state index contributed by atoms with van der Waals surface area (Å²) in [5, 5.41) is 10.5. The normalized spacial score (nSPS) is 29.7. The average molecular weight is 277 g/mol. The fourth-order valence-corrected chi connectivity index (χ4v) is 2.74. The molecule has 0 aromatic heterocycles. The van der Waals surface area contributed by atoms with E-state index in [0.717, 1.165) is 11.1 Å². The van der Waals surface area contributed by atoms with E-state index in [2.05, 4.69) is 0 Å². The van der Waals surface area contributed by atoms with Gasteiger partial charge in [-0.2, -0.15) is 0 Å². The number of carbonyl (C=O) groups is 1. The number of hydrogen-bond acceptors (Lipinski definition) is 4. The van der Waals surface area contributed by atoms with Crippen molar-refractivity contribution in [1.82, 2.24) is 0 Å². The average Bonchev–Trinajstić information content (AvgIpc) is 2.32.